The predicted molar refractivity (Wildman–Crippen MR) is 124 cm³/mol. The van der Waals surface area contributed by atoms with Crippen molar-refractivity contribution >= 4 is 5.78 Å². The van der Waals surface area contributed by atoms with Crippen molar-refractivity contribution in [3.8, 4) is 11.5 Å². The molecule has 0 unspecified atom stereocenters. The lowest BCUT2D eigenvalue weighted by Crippen LogP contribution is -2.46. The lowest BCUT2D eigenvalue weighted by Gasteiger charge is -2.44. The van der Waals surface area contributed by atoms with Crippen molar-refractivity contribution < 1.29 is 24.5 Å². The summed E-state index contributed by atoms with van der Waals surface area (Å²) in [6, 6.07) is 3.52. The Morgan fingerprint density at radius 1 is 1.09 bits per heavy atom. The molecule has 176 valence electrons. The minimum Gasteiger partial charge on any atom is -0.508 e. The maximum atomic E-state index is 13.3. The second kappa shape index (κ2) is 7.88. The number of phenolic OH excluding ortho intramolecular Hbond substituents is 1. The standard InChI is InChI=1S/C27H38O5/c1-16-12-18(28)13-17-9-11-27(6,31-23(16)17)15-20-19-14-22(30)26(4,5)32-24(20)25(2,3)10-7-8-21(19)29/h12-13,22,24,28,30H,7-11,14-15H2,1-6H3/t22-,24+,27+/m1/s1. The first-order valence-corrected chi connectivity index (χ1v) is 11.9. The predicted octanol–water partition coefficient (Wildman–Crippen LogP) is 5.18. The third kappa shape index (κ3) is 4.22. The van der Waals surface area contributed by atoms with E-state index in [1.165, 1.54) is 0 Å². The number of phenols is 1. The molecule has 0 spiro atoms. The monoisotopic (exact) mass is 442 g/mol. The Balaban J connectivity index is 1.77. The molecular weight excluding hydrogens is 404 g/mol. The van der Waals surface area contributed by atoms with E-state index in [0.29, 0.717) is 19.3 Å². The molecule has 2 aliphatic heterocycles. The number of aromatic hydroxyl groups is 1. The van der Waals surface area contributed by atoms with Crippen LogP contribution in [0.2, 0.25) is 0 Å². The topological polar surface area (TPSA) is 76.0 Å². The van der Waals surface area contributed by atoms with Gasteiger partial charge in [0.15, 0.2) is 5.78 Å². The molecule has 4 rings (SSSR count). The summed E-state index contributed by atoms with van der Waals surface area (Å²) in [7, 11) is 0. The smallest absolute Gasteiger partial charge is 0.159 e. The number of ketones is 1. The van der Waals surface area contributed by atoms with Crippen molar-refractivity contribution in [2.45, 2.75) is 110 Å². The van der Waals surface area contributed by atoms with Gasteiger partial charge in [0.1, 0.15) is 17.1 Å². The zero-order valence-corrected chi connectivity index (χ0v) is 20.4. The number of hydrogen-bond donors (Lipinski definition) is 2. The van der Waals surface area contributed by atoms with Gasteiger partial charge in [-0.2, -0.15) is 0 Å². The molecule has 3 atom stereocenters. The van der Waals surface area contributed by atoms with Crippen LogP contribution in [0.1, 0.15) is 84.3 Å². The van der Waals surface area contributed by atoms with Crippen LogP contribution in [0.15, 0.2) is 23.3 Å². The average Bonchev–Trinajstić information content (AvgIpc) is 2.78. The zero-order chi connectivity index (χ0) is 23.5. The highest BCUT2D eigenvalue weighted by Crippen LogP contribution is 2.48. The number of rotatable bonds is 2. The van der Waals surface area contributed by atoms with Gasteiger partial charge in [0.25, 0.3) is 0 Å². The van der Waals surface area contributed by atoms with Crippen molar-refractivity contribution in [2.75, 3.05) is 0 Å². The molecule has 32 heavy (non-hydrogen) atoms. The zero-order valence-electron chi connectivity index (χ0n) is 20.4. The van der Waals surface area contributed by atoms with Gasteiger partial charge < -0.3 is 19.7 Å². The van der Waals surface area contributed by atoms with Gasteiger partial charge in [-0.3, -0.25) is 4.79 Å². The van der Waals surface area contributed by atoms with Gasteiger partial charge in [-0.25, -0.2) is 0 Å². The van der Waals surface area contributed by atoms with Crippen LogP contribution >= 0.6 is 0 Å². The molecule has 0 radical (unpaired) electrons. The second-order valence-corrected chi connectivity index (χ2v) is 11.6. The Bertz CT molecular complexity index is 957. The third-order valence-corrected chi connectivity index (χ3v) is 7.77. The third-order valence-electron chi connectivity index (χ3n) is 7.77. The number of carbonyl (C=O) groups excluding carboxylic acids is 1. The normalized spacial score (nSPS) is 31.8. The number of carbonyl (C=O) groups is 1. The van der Waals surface area contributed by atoms with E-state index < -0.39 is 17.3 Å². The lowest BCUT2D eigenvalue weighted by atomic mass is 9.71. The summed E-state index contributed by atoms with van der Waals surface area (Å²) >= 11 is 0. The highest BCUT2D eigenvalue weighted by molar-refractivity contribution is 5.96. The van der Waals surface area contributed by atoms with E-state index in [2.05, 4.69) is 20.8 Å². The van der Waals surface area contributed by atoms with E-state index in [0.717, 1.165) is 53.7 Å². The number of aliphatic hydroxyl groups is 1. The Kier molecular flexibility index (Phi) is 5.74. The molecule has 5 heteroatoms. The molecule has 2 N–H and O–H groups in total. The van der Waals surface area contributed by atoms with Crippen LogP contribution in [0.3, 0.4) is 0 Å². The highest BCUT2D eigenvalue weighted by atomic mass is 16.5. The molecule has 0 fully saturated rings. The van der Waals surface area contributed by atoms with Crippen molar-refractivity contribution in [3.05, 3.63) is 34.4 Å². The number of aryl methyl sites for hydroxylation is 2. The summed E-state index contributed by atoms with van der Waals surface area (Å²) in [5.41, 5.74) is 2.30. The van der Waals surface area contributed by atoms with Crippen LogP contribution in [0.4, 0.5) is 0 Å². The number of benzene rings is 1. The molecule has 2 heterocycles. The Hall–Kier alpha value is -1.85. The van der Waals surface area contributed by atoms with Crippen molar-refractivity contribution in [3.63, 3.8) is 0 Å². The van der Waals surface area contributed by atoms with Crippen LogP contribution in [0.5, 0.6) is 11.5 Å². The van der Waals surface area contributed by atoms with Crippen molar-refractivity contribution in [1.82, 2.24) is 0 Å². The number of fused-ring (bicyclic) bond motifs is 2. The lowest BCUT2D eigenvalue weighted by molar-refractivity contribution is -0.150. The Morgan fingerprint density at radius 3 is 2.53 bits per heavy atom. The molecule has 0 amide bonds. The molecule has 1 aromatic carbocycles. The first-order valence-electron chi connectivity index (χ1n) is 11.9. The van der Waals surface area contributed by atoms with Crippen LogP contribution in [-0.2, 0) is 16.0 Å². The van der Waals surface area contributed by atoms with Crippen LogP contribution in [-0.4, -0.2) is 39.4 Å². The van der Waals surface area contributed by atoms with E-state index in [1.54, 1.807) is 12.1 Å². The van der Waals surface area contributed by atoms with Gasteiger partial charge in [-0.15, -0.1) is 0 Å². The summed E-state index contributed by atoms with van der Waals surface area (Å²) in [6.45, 7) is 12.3. The van der Waals surface area contributed by atoms with Crippen LogP contribution in [0.25, 0.3) is 0 Å². The van der Waals surface area contributed by atoms with E-state index in [9.17, 15) is 15.0 Å². The van der Waals surface area contributed by atoms with Crippen molar-refractivity contribution in [1.29, 1.82) is 0 Å². The van der Waals surface area contributed by atoms with Crippen molar-refractivity contribution in [2.24, 2.45) is 5.41 Å². The maximum absolute atomic E-state index is 13.3. The minimum absolute atomic E-state index is 0.141. The fraction of sp³-hybridized carbons (Fsp3) is 0.667. The highest BCUT2D eigenvalue weighted by Gasteiger charge is 2.48. The van der Waals surface area contributed by atoms with Gasteiger partial charge >= 0.3 is 0 Å². The molecule has 0 aromatic heterocycles. The molecule has 0 saturated carbocycles. The molecule has 1 aromatic rings. The molecule has 0 saturated heterocycles. The molecule has 3 aliphatic rings. The SMILES string of the molecule is Cc1cc(O)cc2c1O[C@](C)(CC1=C3C[C@@H](O)C(C)(C)O[C@@H]1C(C)(C)CCCC3=O)CC2. The number of Topliss-reactive ketones (excluding diaryl/α,β-unsaturated/α-hetero) is 1. The maximum Gasteiger partial charge on any atom is 0.159 e. The molecular formula is C27H38O5. The average molecular weight is 443 g/mol. The van der Waals surface area contributed by atoms with Gasteiger partial charge in [0.2, 0.25) is 0 Å². The first-order chi connectivity index (χ1) is 14.8. The minimum atomic E-state index is -0.741. The molecule has 5 nitrogen and oxygen atoms in total. The summed E-state index contributed by atoms with van der Waals surface area (Å²) in [6.07, 6.45) is 3.76. The number of aliphatic hydroxyl groups excluding tert-OH is 1. The van der Waals surface area contributed by atoms with Gasteiger partial charge in [0.05, 0.1) is 17.8 Å². The Morgan fingerprint density at radius 2 is 1.81 bits per heavy atom. The Labute approximate surface area is 191 Å². The van der Waals surface area contributed by atoms with E-state index in [4.69, 9.17) is 9.47 Å². The molecule has 1 aliphatic carbocycles. The van der Waals surface area contributed by atoms with E-state index >= 15 is 0 Å². The fourth-order valence-electron chi connectivity index (χ4n) is 5.67. The number of hydrogen-bond acceptors (Lipinski definition) is 5. The van der Waals surface area contributed by atoms with Gasteiger partial charge in [0, 0.05) is 19.3 Å². The molecule has 2 bridgehead atoms. The van der Waals surface area contributed by atoms with Crippen LogP contribution < -0.4 is 4.74 Å². The van der Waals surface area contributed by atoms with Gasteiger partial charge in [-0.1, -0.05) is 13.8 Å². The van der Waals surface area contributed by atoms with Crippen LogP contribution in [0, 0.1) is 12.3 Å². The summed E-state index contributed by atoms with van der Waals surface area (Å²) in [5.74, 6) is 1.24. The fourth-order valence-corrected chi connectivity index (χ4v) is 5.67. The number of ether oxygens (including phenoxy) is 2. The largest absolute Gasteiger partial charge is 0.508 e. The second-order valence-electron chi connectivity index (χ2n) is 11.6. The summed E-state index contributed by atoms with van der Waals surface area (Å²) in [5, 5.41) is 20.9. The quantitative estimate of drug-likeness (QED) is 0.660. The summed E-state index contributed by atoms with van der Waals surface area (Å²) < 4.78 is 13.2. The summed E-state index contributed by atoms with van der Waals surface area (Å²) in [4.78, 5) is 13.3. The van der Waals surface area contributed by atoms with E-state index in [1.807, 2.05) is 20.8 Å². The first kappa shape index (κ1) is 23.3. The van der Waals surface area contributed by atoms with Gasteiger partial charge in [-0.05, 0) is 93.2 Å². The van der Waals surface area contributed by atoms with E-state index in [-0.39, 0.29) is 23.1 Å².